The Morgan fingerprint density at radius 3 is 1.27 bits per heavy atom. The molecule has 0 amide bonds. The maximum absolute atomic E-state index is 11.4. The van der Waals surface area contributed by atoms with Crippen LogP contribution in [0.15, 0.2) is 0 Å². The van der Waals surface area contributed by atoms with E-state index in [1.807, 2.05) is 0 Å². The molecule has 0 aromatic heterocycles. The molecule has 0 rings (SSSR count). The van der Waals surface area contributed by atoms with E-state index in [0.717, 1.165) is 0 Å². The van der Waals surface area contributed by atoms with Gasteiger partial charge in [0.15, 0.2) is 0 Å². The molecule has 0 N–H and O–H groups in total. The summed E-state index contributed by atoms with van der Waals surface area (Å²) in [5.74, 6) is -5.38. The topological polar surface area (TPSA) is 52.6 Å². The highest BCUT2D eigenvalue weighted by Crippen LogP contribution is 2.17. The van der Waals surface area contributed by atoms with Gasteiger partial charge in [0.05, 0.1) is 0 Å². The van der Waals surface area contributed by atoms with E-state index in [-0.39, 0.29) is 0 Å². The standard InChI is InChI=1S/C4H2F6O4Si/c5-3(6,7)1(11)13-15-14-2(12)4(8,9)10/h15H2. The number of hydrogen-bond acceptors (Lipinski definition) is 4. The summed E-state index contributed by atoms with van der Waals surface area (Å²) < 4.78 is 75.0. The molecule has 0 unspecified atom stereocenters. The Balaban J connectivity index is 3.92. The predicted molar refractivity (Wildman–Crippen MR) is 32.8 cm³/mol. The van der Waals surface area contributed by atoms with Crippen molar-refractivity contribution in [2.24, 2.45) is 0 Å². The van der Waals surface area contributed by atoms with Crippen LogP contribution in [0.2, 0.25) is 0 Å². The van der Waals surface area contributed by atoms with Crippen molar-refractivity contribution in [3.8, 4) is 0 Å². The molecule has 0 heterocycles. The summed E-state index contributed by atoms with van der Waals surface area (Å²) >= 11 is 0. The third-order valence-corrected chi connectivity index (χ3v) is 1.60. The van der Waals surface area contributed by atoms with Gasteiger partial charge in [0.25, 0.3) is 0 Å². The number of halogens is 6. The van der Waals surface area contributed by atoms with Crippen molar-refractivity contribution < 1.29 is 44.8 Å². The molecule has 88 valence electrons. The van der Waals surface area contributed by atoms with Crippen LogP contribution in [0.1, 0.15) is 0 Å². The Hall–Kier alpha value is -1.26. The minimum absolute atomic E-state index is 2.69. The lowest BCUT2D eigenvalue weighted by molar-refractivity contribution is -0.196. The van der Waals surface area contributed by atoms with Gasteiger partial charge in [-0.15, -0.1) is 0 Å². The summed E-state index contributed by atoms with van der Waals surface area (Å²) in [7, 11) is -2.98. The second-order valence-corrected chi connectivity index (χ2v) is 2.79. The lowest BCUT2D eigenvalue weighted by Crippen LogP contribution is -2.32. The van der Waals surface area contributed by atoms with Gasteiger partial charge in [-0.1, -0.05) is 0 Å². The molecule has 0 aromatic carbocycles. The Morgan fingerprint density at radius 1 is 0.800 bits per heavy atom. The average molecular weight is 256 g/mol. The van der Waals surface area contributed by atoms with Crippen molar-refractivity contribution in [3.05, 3.63) is 0 Å². The quantitative estimate of drug-likeness (QED) is 0.523. The molecule has 0 saturated carbocycles. The zero-order valence-corrected chi connectivity index (χ0v) is 8.02. The molecule has 0 spiro atoms. The normalized spacial score (nSPS) is 12.1. The minimum atomic E-state index is -5.32. The number of carbonyl (C=O) groups excluding carboxylic acids is 2. The van der Waals surface area contributed by atoms with Crippen molar-refractivity contribution in [2.45, 2.75) is 12.4 Å². The number of carbonyl (C=O) groups is 2. The fourth-order valence-electron chi connectivity index (χ4n) is 0.300. The highest BCUT2D eigenvalue weighted by atomic mass is 28.3. The van der Waals surface area contributed by atoms with Crippen molar-refractivity contribution in [3.63, 3.8) is 0 Å². The van der Waals surface area contributed by atoms with Crippen LogP contribution >= 0.6 is 0 Å². The minimum Gasteiger partial charge on any atom is -0.483 e. The Bertz CT molecular complexity index is 231. The van der Waals surface area contributed by atoms with Gasteiger partial charge in [0.2, 0.25) is 0 Å². The molecular weight excluding hydrogens is 254 g/mol. The lowest BCUT2D eigenvalue weighted by Gasteiger charge is -2.09. The monoisotopic (exact) mass is 256 g/mol. The molecule has 0 aromatic rings. The maximum atomic E-state index is 11.4. The van der Waals surface area contributed by atoms with Crippen LogP contribution in [-0.2, 0) is 18.4 Å². The Morgan fingerprint density at radius 2 is 1.07 bits per heavy atom. The van der Waals surface area contributed by atoms with E-state index >= 15 is 0 Å². The van der Waals surface area contributed by atoms with Crippen molar-refractivity contribution >= 4 is 21.9 Å². The van der Waals surface area contributed by atoms with Crippen LogP contribution in [-0.4, -0.2) is 34.3 Å². The van der Waals surface area contributed by atoms with Crippen molar-refractivity contribution in [1.82, 2.24) is 0 Å². The van der Waals surface area contributed by atoms with Crippen LogP contribution in [0.3, 0.4) is 0 Å². The summed E-state index contributed by atoms with van der Waals surface area (Å²) in [5.41, 5.74) is 0. The molecule has 15 heavy (non-hydrogen) atoms. The molecule has 0 radical (unpaired) electrons. The molecular formula is C4H2F6O4Si. The van der Waals surface area contributed by atoms with Crippen LogP contribution in [0.25, 0.3) is 0 Å². The fourth-order valence-corrected chi connectivity index (χ4v) is 0.900. The Labute approximate surface area is 80.2 Å². The zero-order chi connectivity index (χ0) is 12.3. The van der Waals surface area contributed by atoms with E-state index in [9.17, 15) is 35.9 Å². The summed E-state index contributed by atoms with van der Waals surface area (Å²) in [4.78, 5) is 19.8. The Kier molecular flexibility index (Phi) is 4.12. The van der Waals surface area contributed by atoms with Crippen LogP contribution < -0.4 is 0 Å². The molecule has 0 fully saturated rings. The first kappa shape index (κ1) is 13.7. The molecule has 11 heteroatoms. The molecule has 0 bridgehead atoms. The highest BCUT2D eigenvalue weighted by Gasteiger charge is 2.43. The summed E-state index contributed by atoms with van der Waals surface area (Å²) in [6, 6.07) is 0. The number of hydrogen-bond donors (Lipinski definition) is 0. The van der Waals surface area contributed by atoms with Crippen molar-refractivity contribution in [1.29, 1.82) is 0 Å². The van der Waals surface area contributed by atoms with Crippen LogP contribution in [0.4, 0.5) is 26.3 Å². The molecule has 0 aliphatic rings. The van der Waals surface area contributed by atoms with Gasteiger partial charge < -0.3 is 8.85 Å². The first-order chi connectivity index (χ1) is 6.55. The summed E-state index contributed by atoms with van der Waals surface area (Å²) in [6.07, 6.45) is -10.6. The number of alkyl halides is 6. The SMILES string of the molecule is O=C(O[SiH2]OC(=O)C(F)(F)F)C(F)(F)F. The smallest absolute Gasteiger partial charge is 0.483 e. The summed E-state index contributed by atoms with van der Waals surface area (Å²) in [6.45, 7) is 0. The number of rotatable bonds is 2. The second kappa shape index (κ2) is 4.50. The van der Waals surface area contributed by atoms with Gasteiger partial charge in [-0.3, -0.25) is 0 Å². The predicted octanol–water partition coefficient (Wildman–Crippen LogP) is 0.196. The highest BCUT2D eigenvalue weighted by molar-refractivity contribution is 6.26. The van der Waals surface area contributed by atoms with E-state index < -0.39 is 34.3 Å². The van der Waals surface area contributed by atoms with Gasteiger partial charge in [0, 0.05) is 0 Å². The first-order valence-electron chi connectivity index (χ1n) is 3.03. The average Bonchev–Trinajstić information content (AvgIpc) is 2.00. The lowest BCUT2D eigenvalue weighted by atomic mass is 10.7. The van der Waals surface area contributed by atoms with E-state index in [1.54, 1.807) is 0 Å². The zero-order valence-electron chi connectivity index (χ0n) is 6.61. The van der Waals surface area contributed by atoms with Crippen LogP contribution in [0.5, 0.6) is 0 Å². The van der Waals surface area contributed by atoms with E-state index in [4.69, 9.17) is 0 Å². The van der Waals surface area contributed by atoms with E-state index in [1.165, 1.54) is 0 Å². The third kappa shape index (κ3) is 5.24. The fraction of sp³-hybridized carbons (Fsp3) is 0.500. The van der Waals surface area contributed by atoms with Gasteiger partial charge >= 0.3 is 34.3 Å². The van der Waals surface area contributed by atoms with Crippen LogP contribution in [0, 0.1) is 0 Å². The molecule has 0 atom stereocenters. The van der Waals surface area contributed by atoms with E-state index in [2.05, 4.69) is 8.85 Å². The van der Waals surface area contributed by atoms with Gasteiger partial charge in [-0.05, 0) is 0 Å². The molecule has 0 aliphatic carbocycles. The van der Waals surface area contributed by atoms with Gasteiger partial charge in [0.1, 0.15) is 0 Å². The van der Waals surface area contributed by atoms with Gasteiger partial charge in [-0.25, -0.2) is 9.59 Å². The molecule has 4 nitrogen and oxygen atoms in total. The maximum Gasteiger partial charge on any atom is 0.489 e. The molecule has 0 saturated heterocycles. The van der Waals surface area contributed by atoms with Crippen molar-refractivity contribution in [2.75, 3.05) is 0 Å². The summed E-state index contributed by atoms with van der Waals surface area (Å²) in [5, 5.41) is 0. The second-order valence-electron chi connectivity index (χ2n) is 1.98. The largest absolute Gasteiger partial charge is 0.489 e. The van der Waals surface area contributed by atoms with E-state index in [0.29, 0.717) is 0 Å². The third-order valence-electron chi connectivity index (χ3n) is 0.843. The van der Waals surface area contributed by atoms with Gasteiger partial charge in [-0.2, -0.15) is 26.3 Å². The molecule has 0 aliphatic heterocycles. The first-order valence-corrected chi connectivity index (χ1v) is 4.18.